The number of benzene rings is 1. The Labute approximate surface area is 136 Å². The average molecular weight is 315 g/mol. The maximum absolute atomic E-state index is 12.2. The van der Waals surface area contributed by atoms with Crippen molar-refractivity contribution in [3.63, 3.8) is 0 Å². The molecule has 1 aromatic carbocycles. The van der Waals surface area contributed by atoms with Crippen molar-refractivity contribution in [2.24, 2.45) is 0 Å². The molecule has 6 heteroatoms. The van der Waals surface area contributed by atoms with Crippen molar-refractivity contribution < 1.29 is 14.2 Å². The highest BCUT2D eigenvalue weighted by molar-refractivity contribution is 5.76. The molecule has 0 aliphatic carbocycles. The van der Waals surface area contributed by atoms with Crippen molar-refractivity contribution in [1.29, 1.82) is 0 Å². The van der Waals surface area contributed by atoms with Crippen LogP contribution in [0.1, 0.15) is 17.9 Å². The molecule has 1 saturated heterocycles. The summed E-state index contributed by atoms with van der Waals surface area (Å²) in [6, 6.07) is 7.98. The summed E-state index contributed by atoms with van der Waals surface area (Å²) < 4.78 is 5.27. The van der Waals surface area contributed by atoms with Crippen LogP contribution in [-0.4, -0.2) is 54.2 Å². The number of hydrogen-bond donors (Lipinski definition) is 1. The van der Waals surface area contributed by atoms with E-state index in [9.17, 15) is 4.79 Å². The summed E-state index contributed by atoms with van der Waals surface area (Å²) in [5.74, 6) is 1.27. The third-order valence-electron chi connectivity index (χ3n) is 4.30. The number of amides is 1. The van der Waals surface area contributed by atoms with Gasteiger partial charge >= 0.3 is 0 Å². The molecule has 6 nitrogen and oxygen atoms in total. The van der Waals surface area contributed by atoms with Crippen LogP contribution in [0.5, 0.6) is 0 Å². The number of nitrogens with zero attached hydrogens (tertiary/aromatic N) is 3. The minimum atomic E-state index is 0.174. The molecule has 0 radical (unpaired) electrons. The number of nitrogens with one attached hydrogen (secondary N) is 1. The Morgan fingerprint density at radius 3 is 2.65 bits per heavy atom. The molecule has 0 spiro atoms. The summed E-state index contributed by atoms with van der Waals surface area (Å²) in [5.41, 5.74) is 2.12. The Morgan fingerprint density at radius 2 is 1.96 bits per heavy atom. The van der Waals surface area contributed by atoms with Gasteiger partial charge in [-0.3, -0.25) is 4.79 Å². The SMILES string of the molecule is Cc1ccc(-c2noc(CCC(=O)N3CC[NH+](C)CC3)n2)cc1. The zero-order chi connectivity index (χ0) is 16.2. The molecule has 1 aliphatic heterocycles. The van der Waals surface area contributed by atoms with Gasteiger partial charge in [-0.05, 0) is 6.92 Å². The molecule has 23 heavy (non-hydrogen) atoms. The van der Waals surface area contributed by atoms with E-state index in [0.717, 1.165) is 31.7 Å². The predicted octanol–water partition coefficient (Wildman–Crippen LogP) is 0.335. The maximum Gasteiger partial charge on any atom is 0.227 e. The molecule has 0 atom stereocenters. The van der Waals surface area contributed by atoms with Gasteiger partial charge in [0.1, 0.15) is 0 Å². The smallest absolute Gasteiger partial charge is 0.227 e. The van der Waals surface area contributed by atoms with Crippen LogP contribution in [-0.2, 0) is 11.2 Å². The van der Waals surface area contributed by atoms with Crippen LogP contribution < -0.4 is 4.90 Å². The zero-order valence-electron chi connectivity index (χ0n) is 13.7. The molecule has 3 rings (SSSR count). The Kier molecular flexibility index (Phi) is 4.71. The number of rotatable bonds is 4. The van der Waals surface area contributed by atoms with Crippen LogP contribution in [0, 0.1) is 6.92 Å². The molecular formula is C17H23N4O2+. The highest BCUT2D eigenvalue weighted by atomic mass is 16.5. The van der Waals surface area contributed by atoms with Crippen molar-refractivity contribution >= 4 is 5.91 Å². The van der Waals surface area contributed by atoms with E-state index in [0.29, 0.717) is 24.6 Å². The average Bonchev–Trinajstić information content (AvgIpc) is 3.03. The molecule has 0 saturated carbocycles. The fourth-order valence-electron chi connectivity index (χ4n) is 2.69. The van der Waals surface area contributed by atoms with Gasteiger partial charge in [-0.15, -0.1) is 0 Å². The number of aromatic nitrogens is 2. The Morgan fingerprint density at radius 1 is 1.26 bits per heavy atom. The number of piperazine rings is 1. The number of likely N-dealkylation sites (N-methyl/N-ethyl adjacent to an activating group) is 1. The Balaban J connectivity index is 1.55. The van der Waals surface area contributed by atoms with E-state index in [1.165, 1.54) is 10.5 Å². The van der Waals surface area contributed by atoms with Crippen LogP contribution in [0.15, 0.2) is 28.8 Å². The monoisotopic (exact) mass is 315 g/mol. The van der Waals surface area contributed by atoms with E-state index in [2.05, 4.69) is 17.2 Å². The minimum Gasteiger partial charge on any atom is -0.339 e. The summed E-state index contributed by atoms with van der Waals surface area (Å²) in [5, 5.41) is 4.00. The summed E-state index contributed by atoms with van der Waals surface area (Å²) in [7, 11) is 2.16. The van der Waals surface area contributed by atoms with Gasteiger partial charge in [-0.2, -0.15) is 4.98 Å². The molecular weight excluding hydrogens is 292 g/mol. The van der Waals surface area contributed by atoms with Gasteiger partial charge in [0.15, 0.2) is 0 Å². The van der Waals surface area contributed by atoms with Crippen LogP contribution >= 0.6 is 0 Å². The maximum atomic E-state index is 12.2. The number of carbonyl (C=O) groups is 1. The lowest BCUT2D eigenvalue weighted by Crippen LogP contribution is -3.12. The van der Waals surface area contributed by atoms with Gasteiger partial charge in [-0.1, -0.05) is 35.0 Å². The third kappa shape index (κ3) is 3.96. The fraction of sp³-hybridized carbons (Fsp3) is 0.471. The van der Waals surface area contributed by atoms with Crippen molar-refractivity contribution in [1.82, 2.24) is 15.0 Å². The van der Waals surface area contributed by atoms with Crippen molar-refractivity contribution in [2.45, 2.75) is 19.8 Å². The van der Waals surface area contributed by atoms with E-state index in [1.54, 1.807) is 0 Å². The molecule has 2 aromatic rings. The Bertz CT molecular complexity index is 657. The predicted molar refractivity (Wildman–Crippen MR) is 86.0 cm³/mol. The van der Waals surface area contributed by atoms with Gasteiger partial charge in [0.2, 0.25) is 17.6 Å². The highest BCUT2D eigenvalue weighted by Crippen LogP contribution is 2.17. The lowest BCUT2D eigenvalue weighted by Gasteiger charge is -2.30. The third-order valence-corrected chi connectivity index (χ3v) is 4.30. The molecule has 1 N–H and O–H groups in total. The van der Waals surface area contributed by atoms with Crippen molar-refractivity contribution in [3.8, 4) is 11.4 Å². The second kappa shape index (κ2) is 6.91. The molecule has 1 aliphatic rings. The Hall–Kier alpha value is -2.21. The van der Waals surface area contributed by atoms with E-state index in [1.807, 2.05) is 36.1 Å². The minimum absolute atomic E-state index is 0.174. The first-order chi connectivity index (χ1) is 11.1. The normalized spacial score (nSPS) is 15.8. The van der Waals surface area contributed by atoms with Crippen LogP contribution in [0.4, 0.5) is 0 Å². The van der Waals surface area contributed by atoms with Gasteiger partial charge in [0.05, 0.1) is 33.2 Å². The molecule has 1 fully saturated rings. The second-order valence-corrected chi connectivity index (χ2v) is 6.22. The largest absolute Gasteiger partial charge is 0.339 e. The molecule has 122 valence electrons. The highest BCUT2D eigenvalue weighted by Gasteiger charge is 2.21. The van der Waals surface area contributed by atoms with Gasteiger partial charge in [-0.25, -0.2) is 0 Å². The van der Waals surface area contributed by atoms with Crippen LogP contribution in [0.2, 0.25) is 0 Å². The number of carbonyl (C=O) groups excluding carboxylic acids is 1. The van der Waals surface area contributed by atoms with Gasteiger partial charge in [0.25, 0.3) is 0 Å². The van der Waals surface area contributed by atoms with E-state index in [4.69, 9.17) is 4.52 Å². The fourth-order valence-corrected chi connectivity index (χ4v) is 2.69. The standard InChI is InChI=1S/C17H22N4O2/c1-13-3-5-14(6-4-13)17-18-15(23-19-17)7-8-16(22)21-11-9-20(2)10-12-21/h3-6H,7-12H2,1-2H3/p+1. The molecule has 2 heterocycles. The first kappa shape index (κ1) is 15.7. The zero-order valence-corrected chi connectivity index (χ0v) is 13.7. The van der Waals surface area contributed by atoms with Crippen molar-refractivity contribution in [3.05, 3.63) is 35.7 Å². The lowest BCUT2D eigenvalue weighted by atomic mass is 10.1. The quantitative estimate of drug-likeness (QED) is 0.883. The summed E-state index contributed by atoms with van der Waals surface area (Å²) in [4.78, 5) is 20.0. The van der Waals surface area contributed by atoms with E-state index < -0.39 is 0 Å². The van der Waals surface area contributed by atoms with E-state index in [-0.39, 0.29) is 5.91 Å². The number of aryl methyl sites for hydroxylation is 2. The van der Waals surface area contributed by atoms with E-state index >= 15 is 0 Å². The first-order valence-corrected chi connectivity index (χ1v) is 8.10. The number of hydrogen-bond acceptors (Lipinski definition) is 4. The topological polar surface area (TPSA) is 63.7 Å². The molecule has 1 amide bonds. The summed E-state index contributed by atoms with van der Waals surface area (Å²) in [6.07, 6.45) is 0.922. The van der Waals surface area contributed by atoms with Crippen molar-refractivity contribution in [2.75, 3.05) is 33.2 Å². The van der Waals surface area contributed by atoms with Crippen LogP contribution in [0.25, 0.3) is 11.4 Å². The second-order valence-electron chi connectivity index (χ2n) is 6.22. The van der Waals surface area contributed by atoms with Crippen LogP contribution in [0.3, 0.4) is 0 Å². The summed E-state index contributed by atoms with van der Waals surface area (Å²) in [6.45, 7) is 5.75. The molecule has 1 aromatic heterocycles. The first-order valence-electron chi connectivity index (χ1n) is 8.10. The number of quaternary nitrogens is 1. The van der Waals surface area contributed by atoms with Gasteiger partial charge in [0, 0.05) is 18.4 Å². The lowest BCUT2D eigenvalue weighted by molar-refractivity contribution is -0.883. The molecule has 0 unspecified atom stereocenters. The molecule has 0 bridgehead atoms. The van der Waals surface area contributed by atoms with Gasteiger partial charge < -0.3 is 14.3 Å². The summed E-state index contributed by atoms with van der Waals surface area (Å²) >= 11 is 0.